The first-order chi connectivity index (χ1) is 17.4. The van der Waals surface area contributed by atoms with Crippen molar-refractivity contribution in [1.29, 1.82) is 0 Å². The van der Waals surface area contributed by atoms with E-state index in [0.717, 1.165) is 6.20 Å². The molecule has 1 fully saturated rings. The number of alkyl halides is 3. The average Bonchev–Trinajstić information content (AvgIpc) is 3.43. The number of carbonyl (C=O) groups is 1. The Hall–Kier alpha value is -3.48. The number of nitrogens with zero attached hydrogens (tertiary/aromatic N) is 4. The summed E-state index contributed by atoms with van der Waals surface area (Å²) < 4.78 is 57.2. The summed E-state index contributed by atoms with van der Waals surface area (Å²) in [6, 6.07) is 2.33. The van der Waals surface area contributed by atoms with Gasteiger partial charge in [0.25, 0.3) is 5.91 Å². The Labute approximate surface area is 211 Å². The molecule has 2 unspecified atom stereocenters. The molecule has 202 valence electrons. The zero-order valence-corrected chi connectivity index (χ0v) is 21.0. The van der Waals surface area contributed by atoms with Crippen LogP contribution in [0, 0.1) is 5.82 Å². The summed E-state index contributed by atoms with van der Waals surface area (Å²) in [5.41, 5.74) is -1.15. The minimum atomic E-state index is -2.82. The number of amides is 1. The molecule has 0 bridgehead atoms. The molecule has 3 aromatic heterocycles. The van der Waals surface area contributed by atoms with Crippen LogP contribution in [-0.2, 0) is 0 Å². The van der Waals surface area contributed by atoms with Crippen molar-refractivity contribution in [3.63, 3.8) is 0 Å². The van der Waals surface area contributed by atoms with Crippen LogP contribution >= 0.6 is 0 Å². The SMILES string of the molecule is CC.CC(C)(O)C(F)CNC(=O)c1cnc(Nc2nc3ccnn3cc2F)cc1NC1CCC(F)(F)C1. The lowest BCUT2D eigenvalue weighted by atomic mass is 10.0. The molecule has 0 aromatic carbocycles. The van der Waals surface area contributed by atoms with Crippen LogP contribution in [-0.4, -0.2) is 60.9 Å². The van der Waals surface area contributed by atoms with Crippen molar-refractivity contribution < 1.29 is 27.5 Å². The number of anilines is 3. The van der Waals surface area contributed by atoms with E-state index < -0.39 is 48.4 Å². The Balaban J connectivity index is 0.00000186. The van der Waals surface area contributed by atoms with E-state index in [2.05, 4.69) is 31.0 Å². The van der Waals surface area contributed by atoms with Gasteiger partial charge in [0.2, 0.25) is 5.92 Å². The van der Waals surface area contributed by atoms with E-state index >= 15 is 0 Å². The minimum Gasteiger partial charge on any atom is -0.387 e. The minimum absolute atomic E-state index is 0.0200. The highest BCUT2D eigenvalue weighted by Crippen LogP contribution is 2.37. The maximum absolute atomic E-state index is 14.4. The largest absolute Gasteiger partial charge is 0.387 e. The molecule has 9 nitrogen and oxygen atoms in total. The van der Waals surface area contributed by atoms with E-state index in [1.165, 1.54) is 36.8 Å². The fourth-order valence-electron chi connectivity index (χ4n) is 3.69. The predicted molar refractivity (Wildman–Crippen MR) is 132 cm³/mol. The molecule has 4 N–H and O–H groups in total. The van der Waals surface area contributed by atoms with Crippen LogP contribution in [0.15, 0.2) is 30.7 Å². The van der Waals surface area contributed by atoms with Crippen molar-refractivity contribution in [1.82, 2.24) is 24.9 Å². The smallest absolute Gasteiger partial charge is 0.255 e. The van der Waals surface area contributed by atoms with Crippen LogP contribution in [0.1, 0.15) is 57.3 Å². The van der Waals surface area contributed by atoms with E-state index in [1.54, 1.807) is 6.07 Å². The van der Waals surface area contributed by atoms with Crippen LogP contribution in [0.3, 0.4) is 0 Å². The zero-order valence-electron chi connectivity index (χ0n) is 21.0. The second-order valence-electron chi connectivity index (χ2n) is 9.08. The Morgan fingerprint density at radius 2 is 2.08 bits per heavy atom. The Morgan fingerprint density at radius 1 is 1.35 bits per heavy atom. The zero-order chi connectivity index (χ0) is 27.4. The van der Waals surface area contributed by atoms with Crippen molar-refractivity contribution in [2.75, 3.05) is 17.2 Å². The summed E-state index contributed by atoms with van der Waals surface area (Å²) >= 11 is 0. The lowest BCUT2D eigenvalue weighted by Crippen LogP contribution is -2.42. The topological polar surface area (TPSA) is 116 Å². The van der Waals surface area contributed by atoms with E-state index in [4.69, 9.17) is 0 Å². The van der Waals surface area contributed by atoms with Crippen LogP contribution in [0.2, 0.25) is 0 Å². The molecular formula is C24H31F4N7O2. The lowest BCUT2D eigenvalue weighted by Gasteiger charge is -2.23. The second-order valence-corrected chi connectivity index (χ2v) is 9.08. The molecule has 1 aliphatic carbocycles. The number of fused-ring (bicyclic) bond motifs is 1. The fourth-order valence-corrected chi connectivity index (χ4v) is 3.69. The van der Waals surface area contributed by atoms with Gasteiger partial charge in [0.1, 0.15) is 12.0 Å². The first-order valence-corrected chi connectivity index (χ1v) is 12.0. The van der Waals surface area contributed by atoms with Gasteiger partial charge in [0.05, 0.1) is 35.8 Å². The highest BCUT2D eigenvalue weighted by molar-refractivity contribution is 5.99. The van der Waals surface area contributed by atoms with Gasteiger partial charge < -0.3 is 21.1 Å². The van der Waals surface area contributed by atoms with Gasteiger partial charge in [-0.2, -0.15) is 5.10 Å². The molecule has 0 saturated heterocycles. The fraction of sp³-hybridized carbons (Fsp3) is 0.500. The van der Waals surface area contributed by atoms with Crippen molar-refractivity contribution in [3.8, 4) is 0 Å². The number of nitrogens with one attached hydrogen (secondary N) is 3. The summed E-state index contributed by atoms with van der Waals surface area (Å²) in [5, 5.41) is 21.7. The summed E-state index contributed by atoms with van der Waals surface area (Å²) in [5.74, 6) is -4.30. The van der Waals surface area contributed by atoms with Gasteiger partial charge in [0.15, 0.2) is 17.3 Å². The summed E-state index contributed by atoms with van der Waals surface area (Å²) in [6.45, 7) is 6.07. The first kappa shape index (κ1) is 28.1. The third-order valence-corrected chi connectivity index (χ3v) is 5.70. The van der Waals surface area contributed by atoms with Crippen LogP contribution in [0.5, 0.6) is 0 Å². The first-order valence-electron chi connectivity index (χ1n) is 12.0. The molecule has 0 spiro atoms. The molecule has 2 atom stereocenters. The van der Waals surface area contributed by atoms with Crippen molar-refractivity contribution in [2.45, 2.75) is 70.7 Å². The highest BCUT2D eigenvalue weighted by atomic mass is 19.3. The predicted octanol–water partition coefficient (Wildman–Crippen LogP) is 4.47. The van der Waals surface area contributed by atoms with E-state index in [0.29, 0.717) is 5.65 Å². The number of rotatable bonds is 8. The summed E-state index contributed by atoms with van der Waals surface area (Å²) in [4.78, 5) is 21.0. The van der Waals surface area contributed by atoms with E-state index in [-0.39, 0.29) is 35.7 Å². The molecule has 3 heterocycles. The number of hydrogen-bond acceptors (Lipinski definition) is 7. The average molecular weight is 526 g/mol. The number of carbonyl (C=O) groups excluding carboxylic acids is 1. The molecule has 37 heavy (non-hydrogen) atoms. The second kappa shape index (κ2) is 11.3. The van der Waals surface area contributed by atoms with Crippen LogP contribution in [0.25, 0.3) is 5.65 Å². The molecule has 13 heteroatoms. The third-order valence-electron chi connectivity index (χ3n) is 5.70. The summed E-state index contributed by atoms with van der Waals surface area (Å²) in [7, 11) is 0. The van der Waals surface area contributed by atoms with E-state index in [9.17, 15) is 27.5 Å². The Bertz CT molecular complexity index is 1230. The Morgan fingerprint density at radius 3 is 2.73 bits per heavy atom. The van der Waals surface area contributed by atoms with Gasteiger partial charge in [0, 0.05) is 37.2 Å². The van der Waals surface area contributed by atoms with Gasteiger partial charge in [-0.3, -0.25) is 4.79 Å². The number of pyridine rings is 1. The molecule has 0 radical (unpaired) electrons. The van der Waals surface area contributed by atoms with Crippen molar-refractivity contribution in [3.05, 3.63) is 42.1 Å². The lowest BCUT2D eigenvalue weighted by molar-refractivity contribution is -0.00179. The van der Waals surface area contributed by atoms with Crippen molar-refractivity contribution in [2.24, 2.45) is 0 Å². The van der Waals surface area contributed by atoms with Crippen molar-refractivity contribution >= 4 is 28.9 Å². The van der Waals surface area contributed by atoms with Crippen LogP contribution in [0.4, 0.5) is 34.9 Å². The molecule has 1 saturated carbocycles. The quantitative estimate of drug-likeness (QED) is 0.321. The van der Waals surface area contributed by atoms with Gasteiger partial charge in [-0.15, -0.1) is 0 Å². The number of halogens is 4. The normalized spacial score (nSPS) is 17.6. The maximum atomic E-state index is 14.4. The molecular weight excluding hydrogens is 494 g/mol. The number of aromatic nitrogens is 4. The van der Waals surface area contributed by atoms with Gasteiger partial charge in [-0.25, -0.2) is 32.0 Å². The van der Waals surface area contributed by atoms with Gasteiger partial charge >= 0.3 is 0 Å². The standard InChI is InChI=1S/C22H25F4N7O2.C2H6/c1-21(2,35)16(24)10-28-20(34)13-9-27-17(7-15(13)30-12-3-5-22(25,26)8-12)31-19-14(23)11-33-18(32-19)4-6-29-33;1-2/h4,6-7,9,11-12,16,35H,3,5,8,10H2,1-2H3,(H,28,34)(H2,27,30,31,32);1-2H3. The van der Waals surface area contributed by atoms with Crippen LogP contribution < -0.4 is 16.0 Å². The maximum Gasteiger partial charge on any atom is 0.255 e. The van der Waals surface area contributed by atoms with E-state index in [1.807, 2.05) is 13.8 Å². The number of aliphatic hydroxyl groups is 1. The third kappa shape index (κ3) is 7.06. The van der Waals surface area contributed by atoms with Gasteiger partial charge in [-0.05, 0) is 20.3 Å². The molecule has 1 aliphatic rings. The molecule has 3 aromatic rings. The monoisotopic (exact) mass is 525 g/mol. The highest BCUT2D eigenvalue weighted by Gasteiger charge is 2.39. The Kier molecular flexibility index (Phi) is 8.57. The summed E-state index contributed by atoms with van der Waals surface area (Å²) in [6.07, 6.45) is 1.48. The molecule has 0 aliphatic heterocycles. The molecule has 1 amide bonds. The molecule has 4 rings (SSSR count). The van der Waals surface area contributed by atoms with Gasteiger partial charge in [-0.1, -0.05) is 13.8 Å². The number of hydrogen-bond donors (Lipinski definition) is 4.